The molecule has 2 aliphatic rings. The Kier molecular flexibility index (Phi) is 3.45. The van der Waals surface area contributed by atoms with E-state index in [1.54, 1.807) is 0 Å². The number of hydrogen-bond donors (Lipinski definition) is 2. The van der Waals surface area contributed by atoms with Gasteiger partial charge in [0.1, 0.15) is 0 Å². The molecule has 0 fully saturated rings. The van der Waals surface area contributed by atoms with Gasteiger partial charge in [0.2, 0.25) is 0 Å². The van der Waals surface area contributed by atoms with Crippen LogP contribution in [0.4, 0.5) is 10.5 Å². The van der Waals surface area contributed by atoms with Crippen LogP contribution in [0.2, 0.25) is 0 Å². The lowest BCUT2D eigenvalue weighted by molar-refractivity contribution is 0.147. The molecular formula is C19H20N2O2. The average Bonchev–Trinajstić information content (AvgIpc) is 2.77. The summed E-state index contributed by atoms with van der Waals surface area (Å²) in [6, 6.07) is 15.0. The standard InChI is InChI=1S/C19H20N2O2/c1-2-23-19(22)21-16-11-14-8-5-7-13-10-12-6-3-4-9-15(12)20-18(16)17(13)14/h3-9,16,18,20H,2,10-11H2,1H3,(H,21,22)/t16-,18+/m1/s1. The number of amides is 1. The van der Waals surface area contributed by atoms with Crippen molar-refractivity contribution < 1.29 is 9.53 Å². The van der Waals surface area contributed by atoms with Crippen molar-refractivity contribution in [2.75, 3.05) is 11.9 Å². The maximum absolute atomic E-state index is 11.9. The van der Waals surface area contributed by atoms with Crippen molar-refractivity contribution in [3.05, 3.63) is 64.7 Å². The molecule has 2 aromatic carbocycles. The molecule has 4 rings (SSSR count). The predicted molar refractivity (Wildman–Crippen MR) is 89.7 cm³/mol. The van der Waals surface area contributed by atoms with Crippen molar-refractivity contribution in [1.82, 2.24) is 5.32 Å². The number of benzene rings is 2. The van der Waals surface area contributed by atoms with E-state index in [0.717, 1.165) is 18.5 Å². The minimum absolute atomic E-state index is 0.0105. The van der Waals surface area contributed by atoms with Crippen LogP contribution in [0, 0.1) is 0 Å². The quantitative estimate of drug-likeness (QED) is 0.894. The van der Waals surface area contributed by atoms with Crippen LogP contribution in [0.3, 0.4) is 0 Å². The minimum Gasteiger partial charge on any atom is -0.450 e. The molecule has 1 amide bonds. The van der Waals surface area contributed by atoms with Crippen molar-refractivity contribution in [3.8, 4) is 0 Å². The fourth-order valence-corrected chi connectivity index (χ4v) is 3.77. The van der Waals surface area contributed by atoms with Gasteiger partial charge in [0, 0.05) is 5.69 Å². The minimum atomic E-state index is -0.341. The number of hydrogen-bond acceptors (Lipinski definition) is 3. The van der Waals surface area contributed by atoms with Gasteiger partial charge in [-0.15, -0.1) is 0 Å². The van der Waals surface area contributed by atoms with Gasteiger partial charge in [0.15, 0.2) is 0 Å². The Morgan fingerprint density at radius 3 is 2.83 bits per heavy atom. The van der Waals surface area contributed by atoms with Gasteiger partial charge < -0.3 is 15.4 Å². The van der Waals surface area contributed by atoms with Crippen LogP contribution in [0.1, 0.15) is 35.2 Å². The Morgan fingerprint density at radius 1 is 1.17 bits per heavy atom. The summed E-state index contributed by atoms with van der Waals surface area (Å²) in [7, 11) is 0. The fourth-order valence-electron chi connectivity index (χ4n) is 3.77. The van der Waals surface area contributed by atoms with Gasteiger partial charge in [0.05, 0.1) is 18.7 Å². The molecule has 2 atom stereocenters. The molecule has 0 unspecified atom stereocenters. The summed E-state index contributed by atoms with van der Waals surface area (Å²) in [6.07, 6.45) is 1.42. The molecule has 2 aromatic rings. The lowest BCUT2D eigenvalue weighted by atomic mass is 9.97. The molecular weight excluding hydrogens is 288 g/mol. The summed E-state index contributed by atoms with van der Waals surface area (Å²) in [4.78, 5) is 11.9. The van der Waals surface area contributed by atoms with Crippen molar-refractivity contribution in [3.63, 3.8) is 0 Å². The summed E-state index contributed by atoms with van der Waals surface area (Å²) < 4.78 is 5.07. The largest absolute Gasteiger partial charge is 0.450 e. The number of anilines is 1. The molecule has 0 spiro atoms. The summed E-state index contributed by atoms with van der Waals surface area (Å²) in [6.45, 7) is 2.21. The maximum atomic E-state index is 11.9. The van der Waals surface area contributed by atoms with Crippen molar-refractivity contribution in [2.24, 2.45) is 0 Å². The summed E-state index contributed by atoms with van der Waals surface area (Å²) in [5.41, 5.74) is 6.45. The third kappa shape index (κ3) is 2.44. The van der Waals surface area contributed by atoms with E-state index in [-0.39, 0.29) is 18.2 Å². The normalized spacial score (nSPS) is 20.7. The molecule has 23 heavy (non-hydrogen) atoms. The number of nitrogens with one attached hydrogen (secondary N) is 2. The molecule has 0 aromatic heterocycles. The second-order valence-corrected chi connectivity index (χ2v) is 6.12. The number of carbonyl (C=O) groups excluding carboxylic acids is 1. The van der Waals surface area contributed by atoms with E-state index in [2.05, 4.69) is 47.0 Å². The maximum Gasteiger partial charge on any atom is 0.407 e. The average molecular weight is 308 g/mol. The van der Waals surface area contributed by atoms with Crippen molar-refractivity contribution >= 4 is 11.8 Å². The van der Waals surface area contributed by atoms with Crippen molar-refractivity contribution in [1.29, 1.82) is 0 Å². The Balaban J connectivity index is 1.72. The van der Waals surface area contributed by atoms with Gasteiger partial charge in [-0.25, -0.2) is 4.79 Å². The van der Waals surface area contributed by atoms with Gasteiger partial charge in [0.25, 0.3) is 0 Å². The molecule has 0 saturated heterocycles. The predicted octanol–water partition coefficient (Wildman–Crippen LogP) is 3.41. The van der Waals surface area contributed by atoms with Crippen LogP contribution in [0.25, 0.3) is 0 Å². The molecule has 1 aliphatic carbocycles. The van der Waals surface area contributed by atoms with Crippen molar-refractivity contribution in [2.45, 2.75) is 31.8 Å². The summed E-state index contributed by atoms with van der Waals surface area (Å²) in [5.74, 6) is 0. The number of carbonyl (C=O) groups is 1. The van der Waals surface area contributed by atoms with E-state index >= 15 is 0 Å². The smallest absolute Gasteiger partial charge is 0.407 e. The molecule has 0 saturated carbocycles. The lowest BCUT2D eigenvalue weighted by Gasteiger charge is -2.23. The Hall–Kier alpha value is -2.49. The van der Waals surface area contributed by atoms with Gasteiger partial charge in [-0.1, -0.05) is 36.4 Å². The fraction of sp³-hybridized carbons (Fsp3) is 0.316. The van der Waals surface area contributed by atoms with Crippen LogP contribution >= 0.6 is 0 Å². The van der Waals surface area contributed by atoms with Gasteiger partial charge in [-0.2, -0.15) is 0 Å². The molecule has 1 heterocycles. The van der Waals surface area contributed by atoms with Crippen LogP contribution < -0.4 is 10.6 Å². The zero-order chi connectivity index (χ0) is 15.8. The van der Waals surface area contributed by atoms with E-state index in [1.807, 2.05) is 13.0 Å². The number of ether oxygens (including phenoxy) is 1. The van der Waals surface area contributed by atoms with E-state index in [0.29, 0.717) is 6.61 Å². The number of alkyl carbamates (subject to hydrolysis) is 1. The Labute approximate surface area is 135 Å². The lowest BCUT2D eigenvalue weighted by Crippen LogP contribution is -2.40. The first kappa shape index (κ1) is 14.1. The number of para-hydroxylation sites is 1. The van der Waals surface area contributed by atoms with E-state index in [1.165, 1.54) is 22.3 Å². The highest BCUT2D eigenvalue weighted by Crippen LogP contribution is 2.41. The highest BCUT2D eigenvalue weighted by Gasteiger charge is 2.37. The van der Waals surface area contributed by atoms with E-state index in [4.69, 9.17) is 4.74 Å². The monoisotopic (exact) mass is 308 g/mol. The SMILES string of the molecule is CCOC(=O)N[C@@H]1Cc2cccc3c2[C@H]1Nc1ccccc1C3. The second kappa shape index (κ2) is 5.61. The first-order valence-corrected chi connectivity index (χ1v) is 8.14. The third-order valence-corrected chi connectivity index (χ3v) is 4.73. The molecule has 2 N–H and O–H groups in total. The van der Waals surface area contributed by atoms with Gasteiger partial charge in [-0.3, -0.25) is 0 Å². The van der Waals surface area contributed by atoms with E-state index < -0.39 is 0 Å². The Morgan fingerprint density at radius 2 is 1.96 bits per heavy atom. The highest BCUT2D eigenvalue weighted by atomic mass is 16.5. The molecule has 4 heteroatoms. The van der Waals surface area contributed by atoms with E-state index in [9.17, 15) is 4.79 Å². The molecule has 0 bridgehead atoms. The second-order valence-electron chi connectivity index (χ2n) is 6.12. The van der Waals surface area contributed by atoms with Crippen LogP contribution in [-0.4, -0.2) is 18.7 Å². The topological polar surface area (TPSA) is 50.4 Å². The zero-order valence-electron chi connectivity index (χ0n) is 13.1. The number of rotatable bonds is 2. The molecule has 0 radical (unpaired) electrons. The molecule has 1 aliphatic heterocycles. The third-order valence-electron chi connectivity index (χ3n) is 4.73. The first-order valence-electron chi connectivity index (χ1n) is 8.14. The molecule has 4 nitrogen and oxygen atoms in total. The Bertz CT molecular complexity index is 757. The summed E-state index contributed by atoms with van der Waals surface area (Å²) in [5, 5.41) is 6.67. The van der Waals surface area contributed by atoms with Crippen LogP contribution in [0.15, 0.2) is 42.5 Å². The zero-order valence-corrected chi connectivity index (χ0v) is 13.1. The van der Waals surface area contributed by atoms with Crippen LogP contribution in [0.5, 0.6) is 0 Å². The van der Waals surface area contributed by atoms with Gasteiger partial charge >= 0.3 is 6.09 Å². The molecule has 118 valence electrons. The summed E-state index contributed by atoms with van der Waals surface area (Å²) >= 11 is 0. The highest BCUT2D eigenvalue weighted by molar-refractivity contribution is 5.69. The van der Waals surface area contributed by atoms with Crippen LogP contribution in [-0.2, 0) is 17.6 Å². The van der Waals surface area contributed by atoms with Gasteiger partial charge in [-0.05, 0) is 48.1 Å². The first-order chi connectivity index (χ1) is 11.3. The number of fused-ring (bicyclic) bond motifs is 1.